The predicted molar refractivity (Wildman–Crippen MR) is 54.9 cm³/mol. The van der Waals surface area contributed by atoms with E-state index in [1.165, 1.54) is 16.7 Å². The van der Waals surface area contributed by atoms with Crippen LogP contribution in [-0.4, -0.2) is 5.78 Å². The van der Waals surface area contributed by atoms with Gasteiger partial charge in [-0.05, 0) is 30.5 Å². The minimum Gasteiger partial charge on any atom is -0.299 e. The Bertz CT molecular complexity index is 313. The Balaban J connectivity index is 2.89. The van der Waals surface area contributed by atoms with Crippen LogP contribution in [0.4, 0.5) is 0 Å². The molecule has 0 N–H and O–H groups in total. The summed E-state index contributed by atoms with van der Waals surface area (Å²) in [6.45, 7) is 6.07. The average molecular weight is 176 g/mol. The summed E-state index contributed by atoms with van der Waals surface area (Å²) in [5, 5.41) is 0. The molecule has 0 fully saturated rings. The maximum Gasteiger partial charge on any atom is 0.137 e. The molecule has 0 aliphatic carbocycles. The SMILES string of the molecule is CCC(=O)Cc1cccc(C)c1C. The molecule has 0 atom stereocenters. The molecule has 0 heterocycles. The van der Waals surface area contributed by atoms with Gasteiger partial charge in [-0.2, -0.15) is 0 Å². The first-order valence-electron chi connectivity index (χ1n) is 4.72. The van der Waals surface area contributed by atoms with Gasteiger partial charge in [0.05, 0.1) is 0 Å². The van der Waals surface area contributed by atoms with Crippen LogP contribution >= 0.6 is 0 Å². The van der Waals surface area contributed by atoms with Crippen molar-refractivity contribution in [2.45, 2.75) is 33.6 Å². The van der Waals surface area contributed by atoms with Crippen molar-refractivity contribution in [3.05, 3.63) is 34.9 Å². The van der Waals surface area contributed by atoms with E-state index in [4.69, 9.17) is 0 Å². The number of benzene rings is 1. The second kappa shape index (κ2) is 4.22. The maximum atomic E-state index is 11.2. The van der Waals surface area contributed by atoms with Gasteiger partial charge in [-0.15, -0.1) is 0 Å². The molecule has 1 aromatic carbocycles. The maximum absolute atomic E-state index is 11.2. The van der Waals surface area contributed by atoms with Crippen molar-refractivity contribution in [2.24, 2.45) is 0 Å². The number of ketones is 1. The monoisotopic (exact) mass is 176 g/mol. The lowest BCUT2D eigenvalue weighted by Crippen LogP contribution is -2.02. The van der Waals surface area contributed by atoms with Gasteiger partial charge in [0.25, 0.3) is 0 Å². The second-order valence-corrected chi connectivity index (χ2v) is 3.43. The molecule has 0 bridgehead atoms. The Morgan fingerprint density at radius 3 is 2.62 bits per heavy atom. The summed E-state index contributed by atoms with van der Waals surface area (Å²) in [4.78, 5) is 11.2. The second-order valence-electron chi connectivity index (χ2n) is 3.43. The highest BCUT2D eigenvalue weighted by Gasteiger charge is 2.04. The summed E-state index contributed by atoms with van der Waals surface area (Å²) in [6.07, 6.45) is 1.22. The lowest BCUT2D eigenvalue weighted by atomic mass is 9.99. The number of hydrogen-bond donors (Lipinski definition) is 0. The highest BCUT2D eigenvalue weighted by atomic mass is 16.1. The van der Waals surface area contributed by atoms with E-state index in [9.17, 15) is 4.79 Å². The first-order chi connectivity index (χ1) is 6.15. The van der Waals surface area contributed by atoms with Gasteiger partial charge >= 0.3 is 0 Å². The molecule has 0 spiro atoms. The van der Waals surface area contributed by atoms with Gasteiger partial charge in [0.2, 0.25) is 0 Å². The van der Waals surface area contributed by atoms with E-state index in [0.29, 0.717) is 18.6 Å². The minimum atomic E-state index is 0.314. The summed E-state index contributed by atoms with van der Waals surface area (Å²) in [5.41, 5.74) is 3.69. The summed E-state index contributed by atoms with van der Waals surface area (Å²) in [6, 6.07) is 6.13. The van der Waals surface area contributed by atoms with Gasteiger partial charge in [0, 0.05) is 12.8 Å². The molecule has 0 saturated heterocycles. The molecule has 0 amide bonds. The van der Waals surface area contributed by atoms with Crippen LogP contribution in [-0.2, 0) is 11.2 Å². The molecule has 0 saturated carbocycles. The van der Waals surface area contributed by atoms with Crippen molar-refractivity contribution in [3.8, 4) is 0 Å². The van der Waals surface area contributed by atoms with E-state index >= 15 is 0 Å². The van der Waals surface area contributed by atoms with Crippen molar-refractivity contribution >= 4 is 5.78 Å². The zero-order chi connectivity index (χ0) is 9.84. The van der Waals surface area contributed by atoms with Gasteiger partial charge in [-0.1, -0.05) is 25.1 Å². The van der Waals surface area contributed by atoms with Crippen LogP contribution in [0, 0.1) is 13.8 Å². The van der Waals surface area contributed by atoms with Gasteiger partial charge in [-0.25, -0.2) is 0 Å². The van der Waals surface area contributed by atoms with Gasteiger partial charge in [0.1, 0.15) is 5.78 Å². The molecule has 13 heavy (non-hydrogen) atoms. The molecule has 1 aromatic rings. The smallest absolute Gasteiger partial charge is 0.137 e. The minimum absolute atomic E-state index is 0.314. The number of Topliss-reactive ketones (excluding diaryl/α,β-unsaturated/α-hetero) is 1. The summed E-state index contributed by atoms with van der Waals surface area (Å²) in [7, 11) is 0. The van der Waals surface area contributed by atoms with E-state index in [2.05, 4.69) is 19.9 Å². The van der Waals surface area contributed by atoms with Crippen molar-refractivity contribution in [1.29, 1.82) is 0 Å². The fraction of sp³-hybridized carbons (Fsp3) is 0.417. The third kappa shape index (κ3) is 2.41. The number of rotatable bonds is 3. The highest BCUT2D eigenvalue weighted by molar-refractivity contribution is 5.80. The average Bonchev–Trinajstić information content (AvgIpc) is 2.13. The van der Waals surface area contributed by atoms with Crippen LogP contribution in [0.5, 0.6) is 0 Å². The molecular formula is C12H16O. The van der Waals surface area contributed by atoms with Gasteiger partial charge in [0.15, 0.2) is 0 Å². The number of hydrogen-bond acceptors (Lipinski definition) is 1. The Morgan fingerprint density at radius 2 is 2.00 bits per heavy atom. The zero-order valence-corrected chi connectivity index (χ0v) is 8.55. The van der Waals surface area contributed by atoms with E-state index in [1.807, 2.05) is 19.1 Å². The third-order valence-electron chi connectivity index (χ3n) is 2.50. The predicted octanol–water partition coefficient (Wildman–Crippen LogP) is 2.83. The number of aryl methyl sites for hydroxylation is 1. The fourth-order valence-electron chi connectivity index (χ4n) is 1.34. The van der Waals surface area contributed by atoms with E-state index < -0.39 is 0 Å². The van der Waals surface area contributed by atoms with Crippen molar-refractivity contribution in [1.82, 2.24) is 0 Å². The van der Waals surface area contributed by atoms with Gasteiger partial charge in [-0.3, -0.25) is 4.79 Å². The number of carbonyl (C=O) groups excluding carboxylic acids is 1. The van der Waals surface area contributed by atoms with Crippen LogP contribution in [0.15, 0.2) is 18.2 Å². The molecule has 0 unspecified atom stereocenters. The van der Waals surface area contributed by atoms with Crippen molar-refractivity contribution in [2.75, 3.05) is 0 Å². The summed E-state index contributed by atoms with van der Waals surface area (Å²) >= 11 is 0. The molecule has 0 radical (unpaired) electrons. The van der Waals surface area contributed by atoms with Crippen LogP contribution in [0.3, 0.4) is 0 Å². The quantitative estimate of drug-likeness (QED) is 0.692. The topological polar surface area (TPSA) is 17.1 Å². The van der Waals surface area contributed by atoms with Crippen LogP contribution in [0.25, 0.3) is 0 Å². The summed E-state index contributed by atoms with van der Waals surface area (Å²) in [5.74, 6) is 0.314. The number of carbonyl (C=O) groups is 1. The summed E-state index contributed by atoms with van der Waals surface area (Å²) < 4.78 is 0. The van der Waals surface area contributed by atoms with Crippen LogP contribution in [0.1, 0.15) is 30.0 Å². The fourth-order valence-corrected chi connectivity index (χ4v) is 1.34. The highest BCUT2D eigenvalue weighted by Crippen LogP contribution is 2.13. The first-order valence-corrected chi connectivity index (χ1v) is 4.72. The van der Waals surface area contributed by atoms with E-state index in [-0.39, 0.29) is 0 Å². The van der Waals surface area contributed by atoms with Crippen molar-refractivity contribution < 1.29 is 4.79 Å². The molecule has 0 aromatic heterocycles. The lowest BCUT2D eigenvalue weighted by Gasteiger charge is -2.06. The Labute approximate surface area is 79.8 Å². The zero-order valence-electron chi connectivity index (χ0n) is 8.55. The largest absolute Gasteiger partial charge is 0.299 e. The molecule has 0 aliphatic rings. The molecule has 1 heteroatoms. The first kappa shape index (κ1) is 9.97. The normalized spacial score (nSPS) is 10.1. The molecule has 0 aliphatic heterocycles. The molecule has 1 nitrogen and oxygen atoms in total. The Morgan fingerprint density at radius 1 is 1.31 bits per heavy atom. The van der Waals surface area contributed by atoms with Crippen LogP contribution < -0.4 is 0 Å². The third-order valence-corrected chi connectivity index (χ3v) is 2.50. The molecular weight excluding hydrogens is 160 g/mol. The van der Waals surface area contributed by atoms with Crippen LogP contribution in [0.2, 0.25) is 0 Å². The molecule has 1 rings (SSSR count). The Kier molecular flexibility index (Phi) is 3.24. The Hall–Kier alpha value is -1.11. The van der Waals surface area contributed by atoms with E-state index in [0.717, 1.165) is 0 Å². The standard InChI is InChI=1S/C12H16O/c1-4-12(13)8-11-7-5-6-9(2)10(11)3/h5-7H,4,8H2,1-3H3. The lowest BCUT2D eigenvalue weighted by molar-refractivity contribution is -0.118. The van der Waals surface area contributed by atoms with Crippen molar-refractivity contribution in [3.63, 3.8) is 0 Å². The van der Waals surface area contributed by atoms with Gasteiger partial charge < -0.3 is 0 Å². The van der Waals surface area contributed by atoms with E-state index in [1.54, 1.807) is 0 Å². The molecule has 70 valence electrons.